The van der Waals surface area contributed by atoms with E-state index in [1.165, 1.54) is 11.2 Å². The van der Waals surface area contributed by atoms with E-state index in [0.717, 1.165) is 11.1 Å². The molecule has 142 valence electrons. The molecule has 2 amide bonds. The molecule has 1 atom stereocenters. The molecule has 0 spiro atoms. The summed E-state index contributed by atoms with van der Waals surface area (Å²) >= 11 is 12.0. The lowest BCUT2D eigenvalue weighted by molar-refractivity contribution is -0.121. The standard InChI is InChI=1S/C21H16Cl2N2O3/c22-16-8-7-15(11-17(16)23)24-20(26)18-10-13-4-1-2-5-14(13)12-25(18)21(27)19-6-3-9-28-19/h1-9,11,18H,10,12H2,(H,24,26). The summed E-state index contributed by atoms with van der Waals surface area (Å²) in [5.41, 5.74) is 2.57. The van der Waals surface area contributed by atoms with Crippen LogP contribution in [0.5, 0.6) is 0 Å². The van der Waals surface area contributed by atoms with Crippen LogP contribution in [-0.2, 0) is 17.8 Å². The van der Waals surface area contributed by atoms with Gasteiger partial charge in [0.15, 0.2) is 5.76 Å². The smallest absolute Gasteiger partial charge is 0.290 e. The van der Waals surface area contributed by atoms with Gasteiger partial charge in [-0.1, -0.05) is 47.5 Å². The van der Waals surface area contributed by atoms with Crippen molar-refractivity contribution in [2.45, 2.75) is 19.0 Å². The van der Waals surface area contributed by atoms with E-state index in [2.05, 4.69) is 5.32 Å². The van der Waals surface area contributed by atoms with E-state index in [-0.39, 0.29) is 17.6 Å². The molecule has 0 bridgehead atoms. The predicted molar refractivity (Wildman–Crippen MR) is 108 cm³/mol. The molecule has 5 nitrogen and oxygen atoms in total. The average Bonchev–Trinajstić information content (AvgIpc) is 3.24. The molecule has 0 fully saturated rings. The maximum Gasteiger partial charge on any atom is 0.290 e. The highest BCUT2D eigenvalue weighted by Crippen LogP contribution is 2.28. The molecule has 7 heteroatoms. The van der Waals surface area contributed by atoms with Gasteiger partial charge in [0.1, 0.15) is 6.04 Å². The molecule has 0 aliphatic carbocycles. The Bertz CT molecular complexity index is 1030. The molecule has 0 saturated heterocycles. The summed E-state index contributed by atoms with van der Waals surface area (Å²) in [5.74, 6) is -0.423. The second-order valence-corrected chi connectivity index (χ2v) is 7.33. The number of halogens is 2. The lowest BCUT2D eigenvalue weighted by Gasteiger charge is -2.35. The normalized spacial score (nSPS) is 15.8. The second-order valence-electron chi connectivity index (χ2n) is 6.52. The third kappa shape index (κ3) is 3.63. The molecule has 4 rings (SSSR count). The van der Waals surface area contributed by atoms with E-state index < -0.39 is 6.04 Å². The first-order valence-corrected chi connectivity index (χ1v) is 9.45. The molecule has 0 saturated carbocycles. The lowest BCUT2D eigenvalue weighted by atomic mass is 9.93. The summed E-state index contributed by atoms with van der Waals surface area (Å²) in [5, 5.41) is 3.58. The zero-order valence-electron chi connectivity index (χ0n) is 14.7. The highest BCUT2D eigenvalue weighted by atomic mass is 35.5. The number of furan rings is 1. The molecule has 1 N–H and O–H groups in total. The summed E-state index contributed by atoms with van der Waals surface area (Å²) in [4.78, 5) is 27.5. The van der Waals surface area contributed by atoms with E-state index >= 15 is 0 Å². The van der Waals surface area contributed by atoms with Gasteiger partial charge < -0.3 is 14.6 Å². The molecule has 3 aromatic rings. The minimum absolute atomic E-state index is 0.201. The van der Waals surface area contributed by atoms with Gasteiger partial charge in [-0.15, -0.1) is 0 Å². The lowest BCUT2D eigenvalue weighted by Crippen LogP contribution is -2.50. The summed E-state index contributed by atoms with van der Waals surface area (Å²) in [6.07, 6.45) is 1.85. The van der Waals surface area contributed by atoms with E-state index in [0.29, 0.717) is 28.7 Å². The number of carbonyl (C=O) groups excluding carboxylic acids is 2. The maximum absolute atomic E-state index is 13.0. The Morgan fingerprint density at radius 1 is 1.00 bits per heavy atom. The number of anilines is 1. The van der Waals surface area contributed by atoms with Gasteiger partial charge in [-0.25, -0.2) is 0 Å². The van der Waals surface area contributed by atoms with Crippen LogP contribution in [0.4, 0.5) is 5.69 Å². The van der Waals surface area contributed by atoms with E-state index in [1.54, 1.807) is 30.3 Å². The van der Waals surface area contributed by atoms with Crippen LogP contribution in [0.2, 0.25) is 10.0 Å². The molecule has 2 aromatic carbocycles. The van der Waals surface area contributed by atoms with Crippen molar-refractivity contribution in [1.82, 2.24) is 4.90 Å². The summed E-state index contributed by atoms with van der Waals surface area (Å²) in [6.45, 7) is 0.329. The third-order valence-corrected chi connectivity index (χ3v) is 5.47. The Kier molecular flexibility index (Phi) is 5.11. The van der Waals surface area contributed by atoms with Crippen LogP contribution in [0.15, 0.2) is 65.3 Å². The van der Waals surface area contributed by atoms with Gasteiger partial charge in [0.2, 0.25) is 5.91 Å². The van der Waals surface area contributed by atoms with Crippen molar-refractivity contribution in [2.24, 2.45) is 0 Å². The van der Waals surface area contributed by atoms with E-state index in [4.69, 9.17) is 27.6 Å². The van der Waals surface area contributed by atoms with Crippen LogP contribution in [0.1, 0.15) is 21.7 Å². The van der Waals surface area contributed by atoms with Crippen LogP contribution in [0, 0.1) is 0 Å². The average molecular weight is 415 g/mol. The van der Waals surface area contributed by atoms with Gasteiger partial charge in [-0.3, -0.25) is 9.59 Å². The fourth-order valence-electron chi connectivity index (χ4n) is 3.31. The van der Waals surface area contributed by atoms with Gasteiger partial charge in [0.25, 0.3) is 5.91 Å². The molecule has 1 unspecified atom stereocenters. The quantitative estimate of drug-likeness (QED) is 0.669. The van der Waals surface area contributed by atoms with Crippen molar-refractivity contribution in [2.75, 3.05) is 5.32 Å². The Morgan fingerprint density at radius 2 is 1.79 bits per heavy atom. The van der Waals surface area contributed by atoms with Crippen molar-refractivity contribution in [3.05, 3.63) is 87.8 Å². The number of fused-ring (bicyclic) bond motifs is 1. The first-order valence-electron chi connectivity index (χ1n) is 8.70. The number of nitrogens with zero attached hydrogens (tertiary/aromatic N) is 1. The Labute approximate surface area is 171 Å². The number of hydrogen-bond acceptors (Lipinski definition) is 3. The molecule has 1 aromatic heterocycles. The molecule has 1 aliphatic rings. The summed E-state index contributed by atoms with van der Waals surface area (Å²) in [6, 6.07) is 15.2. The summed E-state index contributed by atoms with van der Waals surface area (Å²) in [7, 11) is 0. The first kappa shape index (κ1) is 18.6. The first-order chi connectivity index (χ1) is 13.5. The number of amides is 2. The number of nitrogens with one attached hydrogen (secondary N) is 1. The van der Waals surface area contributed by atoms with Crippen LogP contribution < -0.4 is 5.32 Å². The highest BCUT2D eigenvalue weighted by Gasteiger charge is 2.36. The molecule has 28 heavy (non-hydrogen) atoms. The molecular formula is C21H16Cl2N2O3. The fourth-order valence-corrected chi connectivity index (χ4v) is 3.61. The number of rotatable bonds is 3. The zero-order valence-corrected chi connectivity index (χ0v) is 16.2. The van der Waals surface area contributed by atoms with Gasteiger partial charge in [0, 0.05) is 18.7 Å². The zero-order chi connectivity index (χ0) is 19.7. The van der Waals surface area contributed by atoms with Gasteiger partial charge in [-0.2, -0.15) is 0 Å². The SMILES string of the molecule is O=C(Nc1ccc(Cl)c(Cl)c1)C1Cc2ccccc2CN1C(=O)c1ccco1. The molecule has 2 heterocycles. The van der Waals surface area contributed by atoms with Crippen molar-refractivity contribution >= 4 is 40.7 Å². The van der Waals surface area contributed by atoms with Gasteiger partial charge in [0.05, 0.1) is 16.3 Å². The Balaban J connectivity index is 1.64. The van der Waals surface area contributed by atoms with Crippen LogP contribution in [0.25, 0.3) is 0 Å². The van der Waals surface area contributed by atoms with Crippen LogP contribution in [0.3, 0.4) is 0 Å². The monoisotopic (exact) mass is 414 g/mol. The minimum Gasteiger partial charge on any atom is -0.459 e. The predicted octanol–water partition coefficient (Wildman–Crippen LogP) is 4.79. The Morgan fingerprint density at radius 3 is 2.50 bits per heavy atom. The van der Waals surface area contributed by atoms with Crippen LogP contribution >= 0.6 is 23.2 Å². The van der Waals surface area contributed by atoms with Crippen molar-refractivity contribution in [3.8, 4) is 0 Å². The van der Waals surface area contributed by atoms with Crippen LogP contribution in [-0.4, -0.2) is 22.8 Å². The van der Waals surface area contributed by atoms with E-state index in [9.17, 15) is 9.59 Å². The van der Waals surface area contributed by atoms with Crippen molar-refractivity contribution in [1.29, 1.82) is 0 Å². The number of benzene rings is 2. The van der Waals surface area contributed by atoms with Gasteiger partial charge >= 0.3 is 0 Å². The number of carbonyl (C=O) groups is 2. The topological polar surface area (TPSA) is 62.6 Å². The van der Waals surface area contributed by atoms with Gasteiger partial charge in [-0.05, 0) is 41.5 Å². The number of hydrogen-bond donors (Lipinski definition) is 1. The molecule has 0 radical (unpaired) electrons. The van der Waals surface area contributed by atoms with Crippen molar-refractivity contribution in [3.63, 3.8) is 0 Å². The third-order valence-electron chi connectivity index (χ3n) is 4.73. The molecule has 1 aliphatic heterocycles. The largest absolute Gasteiger partial charge is 0.459 e. The second kappa shape index (κ2) is 7.70. The Hall–Kier alpha value is -2.76. The maximum atomic E-state index is 13.0. The van der Waals surface area contributed by atoms with Crippen molar-refractivity contribution < 1.29 is 14.0 Å². The van der Waals surface area contributed by atoms with E-state index in [1.807, 2.05) is 24.3 Å². The molecular weight excluding hydrogens is 399 g/mol. The summed E-state index contributed by atoms with van der Waals surface area (Å²) < 4.78 is 5.26. The fraction of sp³-hybridized carbons (Fsp3) is 0.143. The highest BCUT2D eigenvalue weighted by molar-refractivity contribution is 6.42. The minimum atomic E-state index is -0.679.